The van der Waals surface area contributed by atoms with Crippen molar-refractivity contribution in [2.75, 3.05) is 6.54 Å². The van der Waals surface area contributed by atoms with E-state index in [-0.39, 0.29) is 5.82 Å². The van der Waals surface area contributed by atoms with Gasteiger partial charge < -0.3 is 9.88 Å². The first-order valence-corrected chi connectivity index (χ1v) is 7.73. The number of aromatic nitrogens is 1. The molecule has 2 aromatic rings. The second kappa shape index (κ2) is 7.41. The van der Waals surface area contributed by atoms with Gasteiger partial charge in [-0.15, -0.1) is 0 Å². The molecule has 0 amide bonds. The fourth-order valence-corrected chi connectivity index (χ4v) is 2.63. The van der Waals surface area contributed by atoms with Gasteiger partial charge in [-0.3, -0.25) is 0 Å². The Morgan fingerprint density at radius 3 is 2.71 bits per heavy atom. The lowest BCUT2D eigenvalue weighted by atomic mass is 9.98. The predicted octanol–water partition coefficient (Wildman–Crippen LogP) is 4.37. The van der Waals surface area contributed by atoms with E-state index in [1.54, 1.807) is 12.1 Å². The van der Waals surface area contributed by atoms with Gasteiger partial charge in [0.05, 0.1) is 0 Å². The maximum Gasteiger partial charge on any atom is 0.123 e. The lowest BCUT2D eigenvalue weighted by Crippen LogP contribution is -2.26. The highest BCUT2D eigenvalue weighted by atomic mass is 19.1. The number of nitrogens with zero attached hydrogens (tertiary/aromatic N) is 1. The SMILES string of the molecule is CCCNC(c1ccn(Cc2cccc(F)c2)c1)C(C)C. The summed E-state index contributed by atoms with van der Waals surface area (Å²) in [6.45, 7) is 8.38. The molecule has 0 aliphatic heterocycles. The molecule has 21 heavy (non-hydrogen) atoms. The van der Waals surface area contributed by atoms with E-state index >= 15 is 0 Å². The summed E-state index contributed by atoms with van der Waals surface area (Å²) in [4.78, 5) is 0. The van der Waals surface area contributed by atoms with Crippen molar-refractivity contribution in [2.24, 2.45) is 5.92 Å². The first-order chi connectivity index (χ1) is 10.1. The molecule has 0 saturated carbocycles. The maximum absolute atomic E-state index is 13.2. The van der Waals surface area contributed by atoms with Gasteiger partial charge in [-0.05, 0) is 48.2 Å². The average molecular weight is 288 g/mol. The van der Waals surface area contributed by atoms with Gasteiger partial charge in [0.1, 0.15) is 5.82 Å². The predicted molar refractivity (Wildman–Crippen MR) is 85.8 cm³/mol. The third kappa shape index (κ3) is 4.43. The van der Waals surface area contributed by atoms with E-state index in [1.807, 2.05) is 6.07 Å². The summed E-state index contributed by atoms with van der Waals surface area (Å²) in [6.07, 6.45) is 5.37. The standard InChI is InChI=1S/C18H25FN2/c1-4-9-20-18(14(2)3)16-8-10-21(13-16)12-15-6-5-7-17(19)11-15/h5-8,10-11,13-14,18,20H,4,9,12H2,1-3H3. The summed E-state index contributed by atoms with van der Waals surface area (Å²) < 4.78 is 15.3. The summed E-state index contributed by atoms with van der Waals surface area (Å²) in [6, 6.07) is 9.32. The van der Waals surface area contributed by atoms with Gasteiger partial charge >= 0.3 is 0 Å². The molecule has 1 N–H and O–H groups in total. The van der Waals surface area contributed by atoms with Gasteiger partial charge in [-0.25, -0.2) is 4.39 Å². The molecule has 0 bridgehead atoms. The van der Waals surface area contributed by atoms with Crippen LogP contribution in [0.15, 0.2) is 42.7 Å². The highest BCUT2D eigenvalue weighted by Gasteiger charge is 2.15. The molecule has 1 heterocycles. The van der Waals surface area contributed by atoms with E-state index < -0.39 is 0 Å². The van der Waals surface area contributed by atoms with Crippen LogP contribution in [-0.4, -0.2) is 11.1 Å². The van der Waals surface area contributed by atoms with Gasteiger partial charge in [0.15, 0.2) is 0 Å². The zero-order valence-corrected chi connectivity index (χ0v) is 13.1. The van der Waals surface area contributed by atoms with Crippen molar-refractivity contribution in [1.82, 2.24) is 9.88 Å². The average Bonchev–Trinajstić information content (AvgIpc) is 2.87. The quantitative estimate of drug-likeness (QED) is 0.800. The molecule has 0 aliphatic carbocycles. The van der Waals surface area contributed by atoms with Crippen LogP contribution in [0.25, 0.3) is 0 Å². The number of rotatable bonds is 7. The molecule has 0 fully saturated rings. The number of hydrogen-bond acceptors (Lipinski definition) is 1. The van der Waals surface area contributed by atoms with Crippen molar-refractivity contribution >= 4 is 0 Å². The Balaban J connectivity index is 2.09. The first-order valence-electron chi connectivity index (χ1n) is 7.73. The maximum atomic E-state index is 13.2. The van der Waals surface area contributed by atoms with E-state index in [4.69, 9.17) is 0 Å². The van der Waals surface area contributed by atoms with Crippen molar-refractivity contribution in [1.29, 1.82) is 0 Å². The second-order valence-electron chi connectivity index (χ2n) is 5.92. The van der Waals surface area contributed by atoms with E-state index in [1.165, 1.54) is 11.6 Å². The summed E-state index contributed by atoms with van der Waals surface area (Å²) in [5.41, 5.74) is 2.29. The highest BCUT2D eigenvalue weighted by Crippen LogP contribution is 2.22. The zero-order valence-electron chi connectivity index (χ0n) is 13.1. The Hall–Kier alpha value is -1.61. The normalized spacial score (nSPS) is 12.8. The van der Waals surface area contributed by atoms with Gasteiger partial charge in [-0.1, -0.05) is 32.9 Å². The number of hydrogen-bond donors (Lipinski definition) is 1. The van der Waals surface area contributed by atoms with Crippen LogP contribution in [0.1, 0.15) is 44.4 Å². The monoisotopic (exact) mass is 288 g/mol. The van der Waals surface area contributed by atoms with Crippen LogP contribution >= 0.6 is 0 Å². The fourth-order valence-electron chi connectivity index (χ4n) is 2.63. The Labute approximate surface area is 127 Å². The molecule has 1 aromatic carbocycles. The molecular formula is C18H25FN2. The van der Waals surface area contributed by atoms with Crippen molar-refractivity contribution in [3.63, 3.8) is 0 Å². The zero-order chi connectivity index (χ0) is 15.2. The Morgan fingerprint density at radius 2 is 2.05 bits per heavy atom. The molecule has 0 radical (unpaired) electrons. The molecule has 0 saturated heterocycles. The van der Waals surface area contributed by atoms with Crippen LogP contribution in [0.5, 0.6) is 0 Å². The summed E-state index contributed by atoms with van der Waals surface area (Å²) in [5, 5.41) is 3.60. The molecule has 2 rings (SSSR count). The van der Waals surface area contributed by atoms with Crippen LogP contribution in [0, 0.1) is 11.7 Å². The Kier molecular flexibility index (Phi) is 5.57. The van der Waals surface area contributed by atoms with Gasteiger partial charge in [0.2, 0.25) is 0 Å². The van der Waals surface area contributed by atoms with E-state index in [0.717, 1.165) is 18.5 Å². The molecular weight excluding hydrogens is 263 g/mol. The lowest BCUT2D eigenvalue weighted by Gasteiger charge is -2.21. The first kappa shape index (κ1) is 15.8. The van der Waals surface area contributed by atoms with Gasteiger partial charge in [0, 0.05) is 25.0 Å². The Bertz CT molecular complexity index is 560. The summed E-state index contributed by atoms with van der Waals surface area (Å²) >= 11 is 0. The number of benzene rings is 1. The van der Waals surface area contributed by atoms with E-state index in [2.05, 4.69) is 49.1 Å². The lowest BCUT2D eigenvalue weighted by molar-refractivity contribution is 0.412. The molecule has 1 unspecified atom stereocenters. The Morgan fingerprint density at radius 1 is 1.24 bits per heavy atom. The molecule has 0 spiro atoms. The van der Waals surface area contributed by atoms with Crippen molar-refractivity contribution < 1.29 is 4.39 Å². The van der Waals surface area contributed by atoms with Crippen molar-refractivity contribution in [2.45, 2.75) is 39.8 Å². The molecule has 3 heteroatoms. The summed E-state index contributed by atoms with van der Waals surface area (Å²) in [5.74, 6) is 0.367. The second-order valence-corrected chi connectivity index (χ2v) is 5.92. The largest absolute Gasteiger partial charge is 0.350 e. The smallest absolute Gasteiger partial charge is 0.123 e. The molecule has 2 nitrogen and oxygen atoms in total. The van der Waals surface area contributed by atoms with Crippen LogP contribution in [0.4, 0.5) is 4.39 Å². The third-order valence-electron chi connectivity index (χ3n) is 3.67. The van der Waals surface area contributed by atoms with Crippen LogP contribution in [0.2, 0.25) is 0 Å². The van der Waals surface area contributed by atoms with Crippen LogP contribution in [0.3, 0.4) is 0 Å². The van der Waals surface area contributed by atoms with Crippen molar-refractivity contribution in [3.05, 3.63) is 59.7 Å². The van der Waals surface area contributed by atoms with E-state index in [9.17, 15) is 4.39 Å². The minimum atomic E-state index is -0.176. The molecule has 1 aromatic heterocycles. The third-order valence-corrected chi connectivity index (χ3v) is 3.67. The number of halogens is 1. The van der Waals surface area contributed by atoms with Crippen LogP contribution in [-0.2, 0) is 6.54 Å². The highest BCUT2D eigenvalue weighted by molar-refractivity contribution is 5.20. The molecule has 1 atom stereocenters. The minimum Gasteiger partial charge on any atom is -0.350 e. The molecule has 0 aliphatic rings. The van der Waals surface area contributed by atoms with E-state index in [0.29, 0.717) is 18.5 Å². The molecule has 114 valence electrons. The topological polar surface area (TPSA) is 17.0 Å². The number of nitrogens with one attached hydrogen (secondary N) is 1. The van der Waals surface area contributed by atoms with Crippen LogP contribution < -0.4 is 5.32 Å². The van der Waals surface area contributed by atoms with Crippen molar-refractivity contribution in [3.8, 4) is 0 Å². The van der Waals surface area contributed by atoms with Gasteiger partial charge in [0.25, 0.3) is 0 Å². The minimum absolute atomic E-state index is 0.176. The van der Waals surface area contributed by atoms with Gasteiger partial charge in [-0.2, -0.15) is 0 Å². The summed E-state index contributed by atoms with van der Waals surface area (Å²) in [7, 11) is 0. The fraction of sp³-hybridized carbons (Fsp3) is 0.444.